The van der Waals surface area contributed by atoms with Crippen LogP contribution < -0.4 is 10.1 Å². The lowest BCUT2D eigenvalue weighted by Crippen LogP contribution is -2.45. The van der Waals surface area contributed by atoms with Crippen LogP contribution in [0.15, 0.2) is 48.5 Å². The summed E-state index contributed by atoms with van der Waals surface area (Å²) in [6.07, 6.45) is 2.91. The second-order valence-electron chi connectivity index (χ2n) is 7.17. The van der Waals surface area contributed by atoms with Gasteiger partial charge in [-0.2, -0.15) is 0 Å². The molecule has 2 aromatic rings. The van der Waals surface area contributed by atoms with Crippen LogP contribution in [0.2, 0.25) is 5.02 Å². The maximum atomic E-state index is 12.2. The molecule has 0 bridgehead atoms. The number of aliphatic hydroxyl groups is 1. The molecule has 0 unspecified atom stereocenters. The lowest BCUT2D eigenvalue weighted by molar-refractivity contribution is -0.0129. The molecule has 5 nitrogen and oxygen atoms in total. The Hall–Kier alpha value is -2.24. The van der Waals surface area contributed by atoms with Crippen molar-refractivity contribution in [1.82, 2.24) is 5.32 Å². The van der Waals surface area contributed by atoms with Crippen molar-refractivity contribution in [2.45, 2.75) is 31.3 Å². The third-order valence-corrected chi connectivity index (χ3v) is 5.26. The molecule has 1 fully saturated rings. The molecule has 1 aliphatic carbocycles. The predicted octanol–water partition coefficient (Wildman–Crippen LogP) is 3.78. The zero-order chi connectivity index (χ0) is 19.3. The summed E-state index contributed by atoms with van der Waals surface area (Å²) in [6.45, 7) is 0.810. The Balaban J connectivity index is 1.43. The van der Waals surface area contributed by atoms with E-state index in [0.717, 1.165) is 18.6 Å². The number of ether oxygens (including phenoxy) is 1. The van der Waals surface area contributed by atoms with Gasteiger partial charge >= 0.3 is 0 Å². The van der Waals surface area contributed by atoms with E-state index in [1.807, 2.05) is 18.2 Å². The van der Waals surface area contributed by atoms with Gasteiger partial charge in [0.1, 0.15) is 11.5 Å². The summed E-state index contributed by atoms with van der Waals surface area (Å²) < 4.78 is 5.80. The van der Waals surface area contributed by atoms with Crippen molar-refractivity contribution < 1.29 is 19.7 Å². The summed E-state index contributed by atoms with van der Waals surface area (Å²) in [5, 5.41) is 23.5. The van der Waals surface area contributed by atoms with Crippen LogP contribution in [0, 0.1) is 5.92 Å². The first-order valence-electron chi connectivity index (χ1n) is 9.11. The minimum absolute atomic E-state index is 0.114. The third kappa shape index (κ3) is 5.62. The van der Waals surface area contributed by atoms with E-state index in [4.69, 9.17) is 16.3 Å². The van der Waals surface area contributed by atoms with Gasteiger partial charge in [-0.25, -0.2) is 0 Å². The van der Waals surface area contributed by atoms with Gasteiger partial charge < -0.3 is 20.3 Å². The highest BCUT2D eigenvalue weighted by Crippen LogP contribution is 2.32. The van der Waals surface area contributed by atoms with Gasteiger partial charge in [0.2, 0.25) is 0 Å². The number of phenolic OH excluding ortho intramolecular Hbond substituents is 1. The fourth-order valence-corrected chi connectivity index (χ4v) is 3.47. The van der Waals surface area contributed by atoms with E-state index in [1.54, 1.807) is 18.2 Å². The average molecular weight is 390 g/mol. The van der Waals surface area contributed by atoms with Crippen molar-refractivity contribution in [1.29, 1.82) is 0 Å². The SMILES string of the molecule is O=C(NCC1(O)CCC(COc2cccc(Cl)c2)CC1)c1ccc(O)cc1. The molecule has 1 amide bonds. The Morgan fingerprint density at radius 2 is 1.89 bits per heavy atom. The zero-order valence-electron chi connectivity index (χ0n) is 15.0. The lowest BCUT2D eigenvalue weighted by Gasteiger charge is -2.36. The number of hydrogen-bond acceptors (Lipinski definition) is 4. The number of carbonyl (C=O) groups is 1. The number of hydrogen-bond donors (Lipinski definition) is 3. The summed E-state index contributed by atoms with van der Waals surface area (Å²) in [7, 11) is 0. The molecular weight excluding hydrogens is 366 g/mol. The highest BCUT2D eigenvalue weighted by molar-refractivity contribution is 6.30. The molecule has 2 aromatic carbocycles. The molecule has 27 heavy (non-hydrogen) atoms. The number of benzene rings is 2. The van der Waals surface area contributed by atoms with Crippen LogP contribution >= 0.6 is 11.6 Å². The Morgan fingerprint density at radius 1 is 1.19 bits per heavy atom. The van der Waals surface area contributed by atoms with Crippen LogP contribution in [0.25, 0.3) is 0 Å². The first-order chi connectivity index (χ1) is 12.9. The fraction of sp³-hybridized carbons (Fsp3) is 0.381. The minimum atomic E-state index is -0.890. The van der Waals surface area contributed by atoms with Gasteiger partial charge in [-0.3, -0.25) is 4.79 Å². The molecular formula is C21H24ClNO4. The zero-order valence-corrected chi connectivity index (χ0v) is 15.8. The Kier molecular flexibility index (Phi) is 6.24. The van der Waals surface area contributed by atoms with Gasteiger partial charge in [0, 0.05) is 17.1 Å². The van der Waals surface area contributed by atoms with E-state index in [2.05, 4.69) is 5.32 Å². The summed E-state index contributed by atoms with van der Waals surface area (Å²) in [4.78, 5) is 12.2. The molecule has 1 saturated carbocycles. The highest BCUT2D eigenvalue weighted by atomic mass is 35.5. The number of rotatable bonds is 6. The van der Waals surface area contributed by atoms with Crippen LogP contribution in [0.4, 0.5) is 0 Å². The number of halogens is 1. The minimum Gasteiger partial charge on any atom is -0.508 e. The summed E-state index contributed by atoms with van der Waals surface area (Å²) in [5.41, 5.74) is -0.431. The normalized spacial score (nSPS) is 22.2. The van der Waals surface area contributed by atoms with Gasteiger partial charge in [0.15, 0.2) is 0 Å². The largest absolute Gasteiger partial charge is 0.508 e. The van der Waals surface area contributed by atoms with Crippen molar-refractivity contribution in [2.24, 2.45) is 5.92 Å². The molecule has 0 aromatic heterocycles. The van der Waals surface area contributed by atoms with Crippen molar-refractivity contribution in [3.8, 4) is 11.5 Å². The van der Waals surface area contributed by atoms with Crippen LogP contribution in [0.5, 0.6) is 11.5 Å². The number of phenols is 1. The molecule has 144 valence electrons. The van der Waals surface area contributed by atoms with E-state index in [9.17, 15) is 15.0 Å². The van der Waals surface area contributed by atoms with E-state index in [-0.39, 0.29) is 18.2 Å². The van der Waals surface area contributed by atoms with E-state index < -0.39 is 5.60 Å². The van der Waals surface area contributed by atoms with E-state index in [1.165, 1.54) is 12.1 Å². The molecule has 3 rings (SSSR count). The van der Waals surface area contributed by atoms with Crippen molar-refractivity contribution in [3.63, 3.8) is 0 Å². The van der Waals surface area contributed by atoms with Crippen molar-refractivity contribution >= 4 is 17.5 Å². The fourth-order valence-electron chi connectivity index (χ4n) is 3.29. The number of amides is 1. The Bertz CT molecular complexity index is 770. The lowest BCUT2D eigenvalue weighted by atomic mass is 9.79. The van der Waals surface area contributed by atoms with Gasteiger partial charge in [0.25, 0.3) is 5.91 Å². The second kappa shape index (κ2) is 8.63. The quantitative estimate of drug-likeness (QED) is 0.702. The molecule has 3 N–H and O–H groups in total. The standard InChI is InChI=1S/C21H24ClNO4/c22-17-2-1-3-19(12-17)27-13-15-8-10-21(26,11-9-15)14-23-20(25)16-4-6-18(24)7-5-16/h1-7,12,15,24,26H,8-11,13-14H2,(H,23,25). The first-order valence-corrected chi connectivity index (χ1v) is 9.49. The van der Waals surface area contributed by atoms with Gasteiger partial charge in [-0.15, -0.1) is 0 Å². The maximum Gasteiger partial charge on any atom is 0.251 e. The van der Waals surface area contributed by atoms with Gasteiger partial charge in [-0.1, -0.05) is 17.7 Å². The monoisotopic (exact) mass is 389 g/mol. The molecule has 0 saturated heterocycles. The second-order valence-corrected chi connectivity index (χ2v) is 7.60. The molecule has 0 spiro atoms. The van der Waals surface area contributed by atoms with Crippen LogP contribution in [0.3, 0.4) is 0 Å². The Labute approximate surface area is 163 Å². The van der Waals surface area contributed by atoms with Crippen LogP contribution in [-0.2, 0) is 0 Å². The molecule has 0 atom stereocenters. The van der Waals surface area contributed by atoms with Gasteiger partial charge in [-0.05, 0) is 74.1 Å². The predicted molar refractivity (Wildman–Crippen MR) is 104 cm³/mol. The van der Waals surface area contributed by atoms with Crippen LogP contribution in [-0.4, -0.2) is 34.9 Å². The number of nitrogens with one attached hydrogen (secondary N) is 1. The molecule has 6 heteroatoms. The molecule has 0 aliphatic heterocycles. The average Bonchev–Trinajstić information content (AvgIpc) is 2.66. The van der Waals surface area contributed by atoms with Crippen molar-refractivity contribution in [2.75, 3.05) is 13.2 Å². The highest BCUT2D eigenvalue weighted by Gasteiger charge is 2.33. The topological polar surface area (TPSA) is 78.8 Å². The molecule has 1 aliphatic rings. The van der Waals surface area contributed by atoms with E-state index >= 15 is 0 Å². The summed E-state index contributed by atoms with van der Waals surface area (Å²) in [6, 6.07) is 13.4. The van der Waals surface area contributed by atoms with E-state index in [0.29, 0.717) is 36.0 Å². The first kappa shape index (κ1) is 19.5. The maximum absolute atomic E-state index is 12.2. The summed E-state index contributed by atoms with van der Waals surface area (Å²) >= 11 is 5.96. The molecule has 0 heterocycles. The number of aromatic hydroxyl groups is 1. The molecule has 0 radical (unpaired) electrons. The van der Waals surface area contributed by atoms with Crippen molar-refractivity contribution in [3.05, 3.63) is 59.1 Å². The summed E-state index contributed by atoms with van der Waals surface area (Å²) in [5.74, 6) is 0.986. The Morgan fingerprint density at radius 3 is 2.56 bits per heavy atom. The van der Waals surface area contributed by atoms with Crippen LogP contribution in [0.1, 0.15) is 36.0 Å². The smallest absolute Gasteiger partial charge is 0.251 e. The van der Waals surface area contributed by atoms with Gasteiger partial charge in [0.05, 0.1) is 12.2 Å². The third-order valence-electron chi connectivity index (χ3n) is 5.03. The number of carbonyl (C=O) groups excluding carboxylic acids is 1.